The standard InChI is InChI=1S/C22H22FN5S/c1-13-12-28-20(24-13)5-4-18(26-28)15-10-17(23)21-19(11-15)29-22(25-21)14-6-8-27-7-2-3-16(27)9-14/h4-5,10-12,14,16H,2-3,6-9H2,1H3. The van der Waals surface area contributed by atoms with E-state index in [0.717, 1.165) is 51.7 Å². The predicted molar refractivity (Wildman–Crippen MR) is 113 cm³/mol. The maximum atomic E-state index is 14.9. The second-order valence-electron chi connectivity index (χ2n) is 8.31. The number of aryl methyl sites for hydroxylation is 1. The van der Waals surface area contributed by atoms with E-state index < -0.39 is 0 Å². The summed E-state index contributed by atoms with van der Waals surface area (Å²) in [6.45, 7) is 4.32. The monoisotopic (exact) mass is 407 g/mol. The Hall–Kier alpha value is -2.38. The van der Waals surface area contributed by atoms with E-state index in [-0.39, 0.29) is 5.82 Å². The topological polar surface area (TPSA) is 46.3 Å². The van der Waals surface area contributed by atoms with Crippen LogP contribution in [0.25, 0.3) is 27.1 Å². The van der Waals surface area contributed by atoms with Crippen molar-refractivity contribution in [3.8, 4) is 11.3 Å². The van der Waals surface area contributed by atoms with Gasteiger partial charge in [0.05, 0.1) is 27.3 Å². The molecule has 2 saturated heterocycles. The van der Waals surface area contributed by atoms with Crippen LogP contribution in [0.15, 0.2) is 30.5 Å². The number of rotatable bonds is 2. The van der Waals surface area contributed by atoms with Gasteiger partial charge in [0.15, 0.2) is 11.5 Å². The summed E-state index contributed by atoms with van der Waals surface area (Å²) in [6, 6.07) is 8.10. The summed E-state index contributed by atoms with van der Waals surface area (Å²) in [4.78, 5) is 11.7. The fourth-order valence-electron chi connectivity index (χ4n) is 4.93. The summed E-state index contributed by atoms with van der Waals surface area (Å²) in [5.41, 5.74) is 3.74. The van der Waals surface area contributed by atoms with E-state index in [1.165, 1.54) is 19.4 Å². The minimum atomic E-state index is -0.262. The molecule has 0 aliphatic carbocycles. The van der Waals surface area contributed by atoms with Crippen molar-refractivity contribution in [3.05, 3.63) is 47.0 Å². The summed E-state index contributed by atoms with van der Waals surface area (Å²) >= 11 is 1.65. The zero-order valence-corrected chi connectivity index (χ0v) is 17.1. The van der Waals surface area contributed by atoms with Crippen LogP contribution in [0.1, 0.15) is 42.3 Å². The second-order valence-corrected chi connectivity index (χ2v) is 9.38. The van der Waals surface area contributed by atoms with Crippen LogP contribution in [-0.2, 0) is 0 Å². The Kier molecular flexibility index (Phi) is 3.96. The molecule has 1 aromatic carbocycles. The maximum absolute atomic E-state index is 14.9. The van der Waals surface area contributed by atoms with Crippen molar-refractivity contribution in [2.24, 2.45) is 0 Å². The normalized spacial score (nSPS) is 22.6. The van der Waals surface area contributed by atoms with Gasteiger partial charge in [-0.15, -0.1) is 11.3 Å². The van der Waals surface area contributed by atoms with Crippen LogP contribution in [0, 0.1) is 12.7 Å². The molecule has 2 aliphatic heterocycles. The molecule has 29 heavy (non-hydrogen) atoms. The predicted octanol–water partition coefficient (Wildman–Crippen LogP) is 4.80. The lowest BCUT2D eigenvalue weighted by Crippen LogP contribution is -2.37. The van der Waals surface area contributed by atoms with Crippen LogP contribution < -0.4 is 0 Å². The highest BCUT2D eigenvalue weighted by Crippen LogP contribution is 2.40. The summed E-state index contributed by atoms with van der Waals surface area (Å²) in [6.07, 6.45) is 6.77. The molecule has 0 N–H and O–H groups in total. The number of aromatic nitrogens is 4. The lowest BCUT2D eigenvalue weighted by molar-refractivity contribution is 0.181. The molecular formula is C22H22FN5S. The Morgan fingerprint density at radius 3 is 3.00 bits per heavy atom. The van der Waals surface area contributed by atoms with E-state index in [9.17, 15) is 4.39 Å². The Morgan fingerprint density at radius 2 is 2.07 bits per heavy atom. The smallest absolute Gasteiger partial charge is 0.153 e. The first-order valence-electron chi connectivity index (χ1n) is 10.3. The SMILES string of the molecule is Cc1cn2nc(-c3cc(F)c4nc(C5CCN6CCCC6C5)sc4c3)ccc2n1. The van der Waals surface area contributed by atoms with Crippen molar-refractivity contribution in [1.82, 2.24) is 24.5 Å². The first-order valence-corrected chi connectivity index (χ1v) is 11.1. The third-order valence-corrected chi connectivity index (χ3v) is 7.54. The zero-order valence-electron chi connectivity index (χ0n) is 16.3. The minimum Gasteiger partial charge on any atom is -0.300 e. The molecule has 0 bridgehead atoms. The number of thiazole rings is 1. The van der Waals surface area contributed by atoms with Crippen LogP contribution in [0.5, 0.6) is 0 Å². The Balaban J connectivity index is 1.37. The third kappa shape index (κ3) is 2.95. The van der Waals surface area contributed by atoms with Crippen LogP contribution in [0.4, 0.5) is 4.39 Å². The number of imidazole rings is 1. The molecule has 2 aliphatic rings. The Morgan fingerprint density at radius 1 is 1.14 bits per heavy atom. The molecule has 6 rings (SSSR count). The molecule has 2 unspecified atom stereocenters. The molecule has 5 nitrogen and oxygen atoms in total. The van der Waals surface area contributed by atoms with Crippen LogP contribution in [0.3, 0.4) is 0 Å². The average Bonchev–Trinajstić information content (AvgIpc) is 3.43. The van der Waals surface area contributed by atoms with Gasteiger partial charge in [-0.2, -0.15) is 5.10 Å². The van der Waals surface area contributed by atoms with E-state index in [1.807, 2.05) is 31.3 Å². The van der Waals surface area contributed by atoms with E-state index in [4.69, 9.17) is 4.98 Å². The Labute approximate surface area is 172 Å². The lowest BCUT2D eigenvalue weighted by Gasteiger charge is -2.33. The molecule has 3 aromatic heterocycles. The molecule has 7 heteroatoms. The number of hydrogen-bond donors (Lipinski definition) is 0. The molecule has 2 fully saturated rings. The minimum absolute atomic E-state index is 0.262. The number of halogens is 1. The zero-order chi connectivity index (χ0) is 19.5. The fourth-order valence-corrected chi connectivity index (χ4v) is 6.10. The molecule has 0 saturated carbocycles. The third-order valence-electron chi connectivity index (χ3n) is 6.37. The van der Waals surface area contributed by atoms with Crippen molar-refractivity contribution in [2.75, 3.05) is 13.1 Å². The summed E-state index contributed by atoms with van der Waals surface area (Å²) in [7, 11) is 0. The molecule has 2 atom stereocenters. The van der Waals surface area contributed by atoms with Gasteiger partial charge < -0.3 is 4.90 Å². The molecular weight excluding hydrogens is 385 g/mol. The van der Waals surface area contributed by atoms with E-state index in [2.05, 4.69) is 15.0 Å². The summed E-state index contributed by atoms with van der Waals surface area (Å²) in [5, 5.41) is 5.71. The highest BCUT2D eigenvalue weighted by Gasteiger charge is 2.33. The van der Waals surface area contributed by atoms with Gasteiger partial charge >= 0.3 is 0 Å². The van der Waals surface area contributed by atoms with Crippen LogP contribution in [-0.4, -0.2) is 43.6 Å². The molecule has 0 amide bonds. The van der Waals surface area contributed by atoms with Gasteiger partial charge in [0.2, 0.25) is 0 Å². The van der Waals surface area contributed by atoms with Gasteiger partial charge in [-0.1, -0.05) is 0 Å². The van der Waals surface area contributed by atoms with Crippen molar-refractivity contribution in [3.63, 3.8) is 0 Å². The lowest BCUT2D eigenvalue weighted by atomic mass is 9.92. The van der Waals surface area contributed by atoms with Gasteiger partial charge in [0, 0.05) is 17.5 Å². The van der Waals surface area contributed by atoms with Gasteiger partial charge in [-0.25, -0.2) is 18.9 Å². The van der Waals surface area contributed by atoms with Gasteiger partial charge in [-0.05, 0) is 70.0 Å². The van der Waals surface area contributed by atoms with Gasteiger partial charge in [-0.3, -0.25) is 0 Å². The average molecular weight is 408 g/mol. The molecule has 148 valence electrons. The summed E-state index contributed by atoms with van der Waals surface area (Å²) < 4.78 is 17.6. The highest BCUT2D eigenvalue weighted by atomic mass is 32.1. The number of nitrogens with zero attached hydrogens (tertiary/aromatic N) is 5. The molecule has 4 aromatic rings. The number of piperidine rings is 1. The largest absolute Gasteiger partial charge is 0.300 e. The van der Waals surface area contributed by atoms with Crippen molar-refractivity contribution in [1.29, 1.82) is 0 Å². The van der Waals surface area contributed by atoms with Crippen LogP contribution in [0.2, 0.25) is 0 Å². The highest BCUT2D eigenvalue weighted by molar-refractivity contribution is 7.18. The molecule has 5 heterocycles. The molecule has 0 radical (unpaired) electrons. The van der Waals surface area contributed by atoms with Crippen molar-refractivity contribution in [2.45, 2.75) is 44.6 Å². The summed E-state index contributed by atoms with van der Waals surface area (Å²) in [5.74, 6) is 0.194. The van der Waals surface area contributed by atoms with E-state index in [1.54, 1.807) is 21.9 Å². The number of benzene rings is 1. The number of fused-ring (bicyclic) bond motifs is 3. The van der Waals surface area contributed by atoms with Crippen molar-refractivity contribution >= 4 is 27.2 Å². The van der Waals surface area contributed by atoms with E-state index >= 15 is 0 Å². The maximum Gasteiger partial charge on any atom is 0.153 e. The number of hydrogen-bond acceptors (Lipinski definition) is 5. The fraction of sp³-hybridized carbons (Fsp3) is 0.409. The van der Waals surface area contributed by atoms with Gasteiger partial charge in [0.1, 0.15) is 5.52 Å². The van der Waals surface area contributed by atoms with E-state index in [0.29, 0.717) is 17.5 Å². The quantitative estimate of drug-likeness (QED) is 0.479. The second kappa shape index (κ2) is 6.57. The van der Waals surface area contributed by atoms with Crippen molar-refractivity contribution < 1.29 is 4.39 Å². The Bertz CT molecular complexity index is 1230. The molecule has 0 spiro atoms. The first kappa shape index (κ1) is 17.5. The van der Waals surface area contributed by atoms with Gasteiger partial charge in [0.25, 0.3) is 0 Å². The van der Waals surface area contributed by atoms with Crippen LogP contribution >= 0.6 is 11.3 Å². The first-order chi connectivity index (χ1) is 14.1.